The number of amides is 3. The number of anilines is 1. The fourth-order valence-electron chi connectivity index (χ4n) is 4.06. The minimum Gasteiger partial charge on any atom is -0.459 e. The number of ether oxygens (including phenoxy) is 1. The smallest absolute Gasteiger partial charge is 0.287 e. The van der Waals surface area contributed by atoms with E-state index in [1.54, 1.807) is 36.4 Å². The third kappa shape index (κ3) is 4.83. The predicted molar refractivity (Wildman–Crippen MR) is 133 cm³/mol. The average molecular weight is 482 g/mol. The molecule has 8 nitrogen and oxygen atoms in total. The summed E-state index contributed by atoms with van der Waals surface area (Å²) in [4.78, 5) is 37.6. The van der Waals surface area contributed by atoms with Gasteiger partial charge >= 0.3 is 0 Å². The molecule has 1 aromatic heterocycles. The minimum absolute atomic E-state index is 0.192. The van der Waals surface area contributed by atoms with E-state index in [1.165, 1.54) is 6.26 Å². The molecule has 4 aromatic rings. The highest BCUT2D eigenvalue weighted by Gasteiger charge is 2.32. The van der Waals surface area contributed by atoms with E-state index < -0.39 is 5.92 Å². The largest absolute Gasteiger partial charge is 0.459 e. The molecule has 0 unspecified atom stereocenters. The molecule has 5 rings (SSSR count). The van der Waals surface area contributed by atoms with Gasteiger partial charge in [0.15, 0.2) is 5.76 Å². The van der Waals surface area contributed by atoms with Crippen molar-refractivity contribution in [1.82, 2.24) is 10.6 Å². The van der Waals surface area contributed by atoms with E-state index in [0.717, 1.165) is 11.1 Å². The van der Waals surface area contributed by atoms with Crippen molar-refractivity contribution in [2.45, 2.75) is 5.92 Å². The summed E-state index contributed by atoms with van der Waals surface area (Å²) in [7, 11) is 0. The zero-order chi connectivity index (χ0) is 24.9. The van der Waals surface area contributed by atoms with Gasteiger partial charge in [0.25, 0.3) is 11.8 Å². The Morgan fingerprint density at radius 2 is 1.31 bits per heavy atom. The van der Waals surface area contributed by atoms with Crippen molar-refractivity contribution in [2.75, 3.05) is 18.4 Å². The molecule has 8 heteroatoms. The maximum Gasteiger partial charge on any atom is 0.287 e. The van der Waals surface area contributed by atoms with E-state index in [0.29, 0.717) is 22.7 Å². The maximum atomic E-state index is 13.3. The van der Waals surface area contributed by atoms with E-state index >= 15 is 0 Å². The second kappa shape index (κ2) is 10.2. The first-order valence-corrected chi connectivity index (χ1v) is 11.5. The van der Waals surface area contributed by atoms with Crippen molar-refractivity contribution in [3.63, 3.8) is 0 Å². The zero-order valence-corrected chi connectivity index (χ0v) is 19.2. The first-order chi connectivity index (χ1) is 17.6. The number of benzene rings is 3. The molecular formula is C28H23N3O5. The van der Waals surface area contributed by atoms with Crippen LogP contribution in [0.5, 0.6) is 11.5 Å². The van der Waals surface area contributed by atoms with Crippen LogP contribution in [-0.4, -0.2) is 30.8 Å². The Hall–Kier alpha value is -4.85. The Morgan fingerprint density at radius 3 is 1.92 bits per heavy atom. The second-order valence-corrected chi connectivity index (χ2v) is 8.17. The van der Waals surface area contributed by atoms with Gasteiger partial charge in [0, 0.05) is 35.5 Å². The molecule has 0 saturated heterocycles. The molecule has 0 fully saturated rings. The highest BCUT2D eigenvalue weighted by Crippen LogP contribution is 2.44. The van der Waals surface area contributed by atoms with Crippen LogP contribution < -0.4 is 20.7 Å². The summed E-state index contributed by atoms with van der Waals surface area (Å²) in [6.45, 7) is 0.514. The summed E-state index contributed by atoms with van der Waals surface area (Å²) in [5.41, 5.74) is 2.60. The number of fused-ring (bicyclic) bond motifs is 2. The Morgan fingerprint density at radius 1 is 0.694 bits per heavy atom. The third-order valence-corrected chi connectivity index (χ3v) is 5.80. The van der Waals surface area contributed by atoms with Crippen LogP contribution in [0.2, 0.25) is 0 Å². The Labute approximate surface area is 207 Å². The molecule has 3 amide bonds. The number of hydrogen-bond acceptors (Lipinski definition) is 5. The molecule has 0 atom stereocenters. The summed E-state index contributed by atoms with van der Waals surface area (Å²) in [5.74, 6) is 0.184. The lowest BCUT2D eigenvalue weighted by molar-refractivity contribution is -0.116. The van der Waals surface area contributed by atoms with Gasteiger partial charge in [0.05, 0.1) is 12.2 Å². The van der Waals surface area contributed by atoms with Gasteiger partial charge < -0.3 is 25.1 Å². The number of hydrogen-bond donors (Lipinski definition) is 3. The molecule has 3 N–H and O–H groups in total. The molecule has 0 bridgehead atoms. The van der Waals surface area contributed by atoms with Gasteiger partial charge in [-0.2, -0.15) is 0 Å². The Balaban J connectivity index is 1.19. The van der Waals surface area contributed by atoms with E-state index in [4.69, 9.17) is 9.15 Å². The molecular weight excluding hydrogens is 458 g/mol. The van der Waals surface area contributed by atoms with Crippen LogP contribution in [-0.2, 0) is 4.79 Å². The lowest BCUT2D eigenvalue weighted by Gasteiger charge is -2.27. The number of carbonyl (C=O) groups excluding carboxylic acids is 3. The van der Waals surface area contributed by atoms with Crippen LogP contribution in [0.15, 0.2) is 95.6 Å². The van der Waals surface area contributed by atoms with Gasteiger partial charge in [-0.1, -0.05) is 36.4 Å². The fraction of sp³-hybridized carbons (Fsp3) is 0.107. The zero-order valence-electron chi connectivity index (χ0n) is 19.2. The molecule has 180 valence electrons. The van der Waals surface area contributed by atoms with Crippen molar-refractivity contribution in [2.24, 2.45) is 0 Å². The van der Waals surface area contributed by atoms with Crippen LogP contribution in [0, 0.1) is 0 Å². The Bertz CT molecular complexity index is 1350. The van der Waals surface area contributed by atoms with Crippen molar-refractivity contribution in [1.29, 1.82) is 0 Å². The number of rotatable bonds is 7. The SMILES string of the molecule is O=C(NCCNC(=O)c1ccco1)c1ccc(NC(=O)C2c3ccccc3Oc3ccccc32)cc1. The van der Waals surface area contributed by atoms with Gasteiger partial charge in [-0.3, -0.25) is 14.4 Å². The van der Waals surface area contributed by atoms with Crippen LogP contribution in [0.1, 0.15) is 38.0 Å². The highest BCUT2D eigenvalue weighted by atomic mass is 16.5. The molecule has 1 aliphatic heterocycles. The van der Waals surface area contributed by atoms with E-state index in [1.807, 2.05) is 48.5 Å². The average Bonchev–Trinajstić information content (AvgIpc) is 3.45. The third-order valence-electron chi connectivity index (χ3n) is 5.80. The summed E-state index contributed by atoms with van der Waals surface area (Å²) < 4.78 is 11.0. The molecule has 0 aliphatic carbocycles. The van der Waals surface area contributed by atoms with Crippen molar-refractivity contribution < 1.29 is 23.5 Å². The quantitative estimate of drug-likeness (QED) is 0.341. The molecule has 3 aromatic carbocycles. The van der Waals surface area contributed by atoms with Crippen molar-refractivity contribution in [3.8, 4) is 11.5 Å². The molecule has 0 saturated carbocycles. The summed E-state index contributed by atoms with van der Waals surface area (Å²) >= 11 is 0. The van der Waals surface area contributed by atoms with Crippen molar-refractivity contribution >= 4 is 23.4 Å². The Kier molecular flexibility index (Phi) is 6.48. The lowest BCUT2D eigenvalue weighted by Crippen LogP contribution is -2.34. The van der Waals surface area contributed by atoms with Gasteiger partial charge in [-0.05, 0) is 48.5 Å². The van der Waals surface area contributed by atoms with E-state index in [9.17, 15) is 14.4 Å². The van der Waals surface area contributed by atoms with Gasteiger partial charge in [0.2, 0.25) is 5.91 Å². The number of carbonyl (C=O) groups is 3. The van der Waals surface area contributed by atoms with Gasteiger partial charge in [-0.25, -0.2) is 0 Å². The molecule has 2 heterocycles. The maximum absolute atomic E-state index is 13.3. The van der Waals surface area contributed by atoms with Crippen molar-refractivity contribution in [3.05, 3.63) is 114 Å². The molecule has 0 spiro atoms. The molecule has 0 radical (unpaired) electrons. The first kappa shape index (κ1) is 22.9. The van der Waals surface area contributed by atoms with E-state index in [2.05, 4.69) is 16.0 Å². The van der Waals surface area contributed by atoms with Crippen LogP contribution in [0.25, 0.3) is 0 Å². The number of nitrogens with one attached hydrogen (secondary N) is 3. The highest BCUT2D eigenvalue weighted by molar-refractivity contribution is 6.00. The summed E-state index contributed by atoms with van der Waals surface area (Å²) in [6, 6.07) is 24.8. The topological polar surface area (TPSA) is 110 Å². The second-order valence-electron chi connectivity index (χ2n) is 8.17. The lowest BCUT2D eigenvalue weighted by atomic mass is 9.87. The standard InChI is InChI=1S/C28H23N3O5/c32-26(29-15-16-30-27(33)24-10-5-17-35-24)18-11-13-19(14-12-18)31-28(34)25-20-6-1-3-8-22(20)36-23-9-4-2-7-21(23)25/h1-14,17,25H,15-16H2,(H,29,32)(H,30,33)(H,31,34). The van der Waals surface area contributed by atoms with Gasteiger partial charge in [0.1, 0.15) is 11.5 Å². The summed E-state index contributed by atoms with van der Waals surface area (Å²) in [6.07, 6.45) is 1.42. The predicted octanol–water partition coefficient (Wildman–Crippen LogP) is 4.32. The molecule has 36 heavy (non-hydrogen) atoms. The normalized spacial score (nSPS) is 12.0. The monoisotopic (exact) mass is 481 g/mol. The fourth-order valence-corrected chi connectivity index (χ4v) is 4.06. The molecule has 1 aliphatic rings. The first-order valence-electron chi connectivity index (χ1n) is 11.5. The van der Waals surface area contributed by atoms with Crippen LogP contribution in [0.3, 0.4) is 0 Å². The summed E-state index contributed by atoms with van der Waals surface area (Å²) in [5, 5.41) is 8.37. The van der Waals surface area contributed by atoms with E-state index in [-0.39, 0.29) is 36.6 Å². The minimum atomic E-state index is -0.523. The number of para-hydroxylation sites is 2. The van der Waals surface area contributed by atoms with Crippen LogP contribution in [0.4, 0.5) is 5.69 Å². The van der Waals surface area contributed by atoms with Crippen LogP contribution >= 0.6 is 0 Å². The number of furan rings is 1. The van der Waals surface area contributed by atoms with Gasteiger partial charge in [-0.15, -0.1) is 0 Å².